The van der Waals surface area contributed by atoms with Crippen LogP contribution < -0.4 is 5.30 Å². The van der Waals surface area contributed by atoms with Crippen LogP contribution in [0.2, 0.25) is 0 Å². The van der Waals surface area contributed by atoms with Crippen LogP contribution in [0.4, 0.5) is 0 Å². The van der Waals surface area contributed by atoms with Crippen molar-refractivity contribution >= 4 is 23.8 Å². The standard InChI is InChI=1S/C16H20P2/c1-10-6-14(7-11(2)15(10)9-17)13-4-5-16(18)12(3)8-13/h4-8H,9,17-18H2,1-3H3. The van der Waals surface area contributed by atoms with E-state index in [0.29, 0.717) is 0 Å². The molecule has 2 aromatic carbocycles. The molecule has 2 unspecified atom stereocenters. The largest absolute Gasteiger partial charge is 0.133 e. The van der Waals surface area contributed by atoms with Gasteiger partial charge < -0.3 is 0 Å². The van der Waals surface area contributed by atoms with Crippen molar-refractivity contribution in [3.05, 3.63) is 52.6 Å². The minimum atomic E-state index is 1.03. The molecule has 0 amide bonds. The van der Waals surface area contributed by atoms with Crippen molar-refractivity contribution in [2.75, 3.05) is 0 Å². The second kappa shape index (κ2) is 5.52. The third kappa shape index (κ3) is 2.66. The zero-order valence-corrected chi connectivity index (χ0v) is 13.6. The molecule has 2 heteroatoms. The van der Waals surface area contributed by atoms with Crippen LogP contribution in [0.15, 0.2) is 30.3 Å². The van der Waals surface area contributed by atoms with E-state index in [4.69, 9.17) is 0 Å². The van der Waals surface area contributed by atoms with Crippen LogP contribution in [-0.2, 0) is 6.16 Å². The first-order valence-electron chi connectivity index (χ1n) is 6.19. The first-order chi connectivity index (χ1) is 8.52. The van der Waals surface area contributed by atoms with E-state index in [9.17, 15) is 0 Å². The Labute approximate surface area is 115 Å². The predicted molar refractivity (Wildman–Crippen MR) is 88.8 cm³/mol. The number of aryl methyl sites for hydroxylation is 3. The first kappa shape index (κ1) is 13.7. The van der Waals surface area contributed by atoms with Crippen molar-refractivity contribution in [3.63, 3.8) is 0 Å². The van der Waals surface area contributed by atoms with Gasteiger partial charge in [0.05, 0.1) is 0 Å². The summed E-state index contributed by atoms with van der Waals surface area (Å²) in [6, 6.07) is 11.2. The maximum absolute atomic E-state index is 2.82. The maximum atomic E-state index is 2.82. The highest BCUT2D eigenvalue weighted by Crippen LogP contribution is 2.27. The predicted octanol–water partition coefficient (Wildman–Crippen LogP) is 4.15. The Bertz CT molecular complexity index is 563. The number of hydrogen-bond acceptors (Lipinski definition) is 0. The van der Waals surface area contributed by atoms with Gasteiger partial charge in [0.2, 0.25) is 0 Å². The third-order valence-electron chi connectivity index (χ3n) is 3.50. The fourth-order valence-corrected chi connectivity index (χ4v) is 3.16. The summed E-state index contributed by atoms with van der Waals surface area (Å²) in [4.78, 5) is 0. The molecule has 0 heterocycles. The average Bonchev–Trinajstić information content (AvgIpc) is 2.32. The summed E-state index contributed by atoms with van der Waals surface area (Å²) in [5.74, 6) is 0. The van der Waals surface area contributed by atoms with Gasteiger partial charge in [0.25, 0.3) is 0 Å². The van der Waals surface area contributed by atoms with E-state index in [2.05, 4.69) is 69.6 Å². The van der Waals surface area contributed by atoms with Gasteiger partial charge in [0.15, 0.2) is 0 Å². The summed E-state index contributed by atoms with van der Waals surface area (Å²) < 4.78 is 0. The lowest BCUT2D eigenvalue weighted by Gasteiger charge is -2.12. The maximum Gasteiger partial charge on any atom is -0.0123 e. The van der Waals surface area contributed by atoms with Gasteiger partial charge >= 0.3 is 0 Å². The van der Waals surface area contributed by atoms with Crippen LogP contribution in [0.3, 0.4) is 0 Å². The Hall–Kier alpha value is -0.700. The second-order valence-corrected chi connectivity index (χ2v) is 5.89. The third-order valence-corrected chi connectivity index (χ3v) is 4.56. The Morgan fingerprint density at radius 1 is 0.833 bits per heavy atom. The molecule has 2 rings (SSSR count). The fourth-order valence-electron chi connectivity index (χ4n) is 2.34. The molecule has 0 aliphatic rings. The lowest BCUT2D eigenvalue weighted by Crippen LogP contribution is -1.97. The van der Waals surface area contributed by atoms with Gasteiger partial charge in [0, 0.05) is 0 Å². The zero-order valence-electron chi connectivity index (χ0n) is 11.2. The van der Waals surface area contributed by atoms with Gasteiger partial charge in [0.1, 0.15) is 0 Å². The molecule has 0 saturated heterocycles. The molecule has 0 fully saturated rings. The van der Waals surface area contributed by atoms with Gasteiger partial charge in [-0.3, -0.25) is 0 Å². The topological polar surface area (TPSA) is 0 Å². The fraction of sp³-hybridized carbons (Fsp3) is 0.250. The Balaban J connectivity index is 2.54. The van der Waals surface area contributed by atoms with Crippen LogP contribution in [0.25, 0.3) is 11.1 Å². The van der Waals surface area contributed by atoms with Crippen molar-refractivity contribution < 1.29 is 0 Å². The summed E-state index contributed by atoms with van der Waals surface area (Å²) >= 11 is 0. The highest BCUT2D eigenvalue weighted by atomic mass is 31.0. The molecule has 0 spiro atoms. The molecule has 0 N–H and O–H groups in total. The van der Waals surface area contributed by atoms with Crippen molar-refractivity contribution in [2.24, 2.45) is 0 Å². The normalized spacial score (nSPS) is 10.7. The highest BCUT2D eigenvalue weighted by Gasteiger charge is 2.06. The molecular formula is C16H20P2. The van der Waals surface area contributed by atoms with E-state index in [1.54, 1.807) is 0 Å². The average molecular weight is 274 g/mol. The quantitative estimate of drug-likeness (QED) is 0.721. The molecule has 0 aromatic heterocycles. The van der Waals surface area contributed by atoms with E-state index in [1.165, 1.54) is 38.7 Å². The van der Waals surface area contributed by atoms with Gasteiger partial charge in [-0.15, -0.1) is 18.5 Å². The molecule has 2 atom stereocenters. The second-order valence-electron chi connectivity index (χ2n) is 4.86. The van der Waals surface area contributed by atoms with Crippen molar-refractivity contribution in [1.29, 1.82) is 0 Å². The van der Waals surface area contributed by atoms with Gasteiger partial charge in [-0.1, -0.05) is 30.3 Å². The molecule has 0 nitrogen and oxygen atoms in total. The molecule has 0 saturated carbocycles. The van der Waals surface area contributed by atoms with Crippen molar-refractivity contribution in [2.45, 2.75) is 26.9 Å². The Morgan fingerprint density at radius 3 is 1.89 bits per heavy atom. The molecule has 0 bridgehead atoms. The summed E-state index contributed by atoms with van der Waals surface area (Å²) in [6.45, 7) is 6.56. The summed E-state index contributed by atoms with van der Waals surface area (Å²) in [7, 11) is 5.60. The monoisotopic (exact) mass is 274 g/mol. The summed E-state index contributed by atoms with van der Waals surface area (Å²) in [6.07, 6.45) is 1.03. The van der Waals surface area contributed by atoms with Gasteiger partial charge in [-0.25, -0.2) is 0 Å². The van der Waals surface area contributed by atoms with Crippen LogP contribution in [0.1, 0.15) is 22.3 Å². The SMILES string of the molecule is Cc1cc(-c2cc(C)c(CP)c(C)c2)ccc1P. The summed E-state index contributed by atoms with van der Waals surface area (Å²) in [5, 5.41) is 1.27. The first-order valence-corrected chi connectivity index (χ1v) is 7.59. The smallest absolute Gasteiger partial charge is 0.0123 e. The minimum absolute atomic E-state index is 1.03. The highest BCUT2D eigenvalue weighted by molar-refractivity contribution is 7.27. The lowest BCUT2D eigenvalue weighted by molar-refractivity contribution is 1.24. The van der Waals surface area contributed by atoms with E-state index in [0.717, 1.165) is 6.16 Å². The van der Waals surface area contributed by atoms with Crippen molar-refractivity contribution in [3.8, 4) is 11.1 Å². The van der Waals surface area contributed by atoms with Gasteiger partial charge in [-0.2, -0.15) is 0 Å². The van der Waals surface area contributed by atoms with Crippen LogP contribution >= 0.6 is 18.5 Å². The molecule has 94 valence electrons. The molecule has 0 aliphatic heterocycles. The van der Waals surface area contributed by atoms with Crippen LogP contribution in [0, 0.1) is 20.8 Å². The van der Waals surface area contributed by atoms with E-state index in [-0.39, 0.29) is 0 Å². The Morgan fingerprint density at radius 2 is 1.39 bits per heavy atom. The minimum Gasteiger partial charge on any atom is -0.133 e. The lowest BCUT2D eigenvalue weighted by atomic mass is 9.95. The van der Waals surface area contributed by atoms with Crippen LogP contribution in [0.5, 0.6) is 0 Å². The molecule has 18 heavy (non-hydrogen) atoms. The molecular weight excluding hydrogens is 254 g/mol. The molecule has 0 radical (unpaired) electrons. The molecule has 2 aromatic rings. The van der Waals surface area contributed by atoms with E-state index >= 15 is 0 Å². The number of rotatable bonds is 2. The number of hydrogen-bond donors (Lipinski definition) is 0. The molecule has 0 aliphatic carbocycles. The zero-order chi connectivity index (χ0) is 13.3. The number of benzene rings is 2. The van der Waals surface area contributed by atoms with Crippen molar-refractivity contribution in [1.82, 2.24) is 0 Å². The summed E-state index contributed by atoms with van der Waals surface area (Å²) in [5.41, 5.74) is 8.16. The Kier molecular flexibility index (Phi) is 4.21. The van der Waals surface area contributed by atoms with E-state index in [1.807, 2.05) is 0 Å². The van der Waals surface area contributed by atoms with Crippen LogP contribution in [-0.4, -0.2) is 0 Å². The van der Waals surface area contributed by atoms with E-state index < -0.39 is 0 Å². The van der Waals surface area contributed by atoms with Gasteiger partial charge in [-0.05, 0) is 65.6 Å².